The number of likely N-dealkylation sites (tertiary alicyclic amines) is 1. The minimum absolute atomic E-state index is 0.142. The molecule has 1 N–H and O–H groups in total. The molecule has 4 rings (SSSR count). The molecule has 0 saturated carbocycles. The summed E-state index contributed by atoms with van der Waals surface area (Å²) in [5, 5.41) is 11.1. The summed E-state index contributed by atoms with van der Waals surface area (Å²) >= 11 is 3.39. The van der Waals surface area contributed by atoms with Crippen LogP contribution >= 0.6 is 15.9 Å². The zero-order valence-corrected chi connectivity index (χ0v) is 19.7. The fraction of sp³-hybridized carbons (Fsp3) is 0.360. The van der Waals surface area contributed by atoms with Crippen LogP contribution < -0.4 is 0 Å². The minimum Gasteiger partial charge on any atom is -0.507 e. The maximum Gasteiger partial charge on any atom is 0.295 e. The molecule has 0 aromatic heterocycles. The number of carbonyl (C=O) groups is 2. The Bertz CT molecular complexity index is 1010. The monoisotopic (exact) mass is 498 g/mol. The molecule has 0 radical (unpaired) electrons. The number of carbonyl (C=O) groups excluding carboxylic acids is 2. The number of hydrogen-bond acceptors (Lipinski definition) is 5. The van der Waals surface area contributed by atoms with Gasteiger partial charge in [0, 0.05) is 36.2 Å². The van der Waals surface area contributed by atoms with E-state index < -0.39 is 17.7 Å². The van der Waals surface area contributed by atoms with E-state index in [-0.39, 0.29) is 11.3 Å². The third-order valence-electron chi connectivity index (χ3n) is 6.03. The molecule has 7 heteroatoms. The van der Waals surface area contributed by atoms with Crippen molar-refractivity contribution in [3.63, 3.8) is 0 Å². The van der Waals surface area contributed by atoms with Gasteiger partial charge in [-0.2, -0.15) is 0 Å². The van der Waals surface area contributed by atoms with Crippen molar-refractivity contribution in [3.05, 3.63) is 75.3 Å². The number of amides is 1. The van der Waals surface area contributed by atoms with E-state index in [0.717, 1.165) is 54.9 Å². The number of aliphatic hydroxyl groups is 1. The second-order valence-electron chi connectivity index (χ2n) is 8.22. The van der Waals surface area contributed by atoms with E-state index in [0.29, 0.717) is 12.1 Å². The predicted molar refractivity (Wildman–Crippen MR) is 126 cm³/mol. The zero-order valence-electron chi connectivity index (χ0n) is 18.1. The molecule has 2 saturated heterocycles. The van der Waals surface area contributed by atoms with Crippen LogP contribution in [0.15, 0.2) is 58.6 Å². The molecule has 1 atom stereocenters. The van der Waals surface area contributed by atoms with Gasteiger partial charge in [0.25, 0.3) is 11.7 Å². The van der Waals surface area contributed by atoms with Gasteiger partial charge < -0.3 is 14.7 Å². The van der Waals surface area contributed by atoms with Gasteiger partial charge in [0.1, 0.15) is 5.76 Å². The Morgan fingerprint density at radius 2 is 1.69 bits per heavy atom. The van der Waals surface area contributed by atoms with Crippen LogP contribution in [0.3, 0.4) is 0 Å². The summed E-state index contributed by atoms with van der Waals surface area (Å²) in [7, 11) is 0. The quantitative estimate of drug-likeness (QED) is 0.371. The molecular weight excluding hydrogens is 472 g/mol. The Hall–Kier alpha value is -2.48. The Morgan fingerprint density at radius 1 is 1.03 bits per heavy atom. The van der Waals surface area contributed by atoms with Crippen molar-refractivity contribution in [1.29, 1.82) is 0 Å². The maximum absolute atomic E-state index is 13.1. The molecule has 0 spiro atoms. The highest BCUT2D eigenvalue weighted by atomic mass is 79.9. The number of nitrogens with zero attached hydrogens (tertiary/aromatic N) is 2. The van der Waals surface area contributed by atoms with Crippen molar-refractivity contribution in [3.8, 4) is 0 Å². The number of aliphatic hydroxyl groups excluding tert-OH is 1. The highest BCUT2D eigenvalue weighted by Crippen LogP contribution is 2.39. The van der Waals surface area contributed by atoms with Crippen molar-refractivity contribution in [2.24, 2.45) is 0 Å². The lowest BCUT2D eigenvalue weighted by atomic mass is 9.94. The maximum atomic E-state index is 13.1. The smallest absolute Gasteiger partial charge is 0.295 e. The minimum atomic E-state index is -0.637. The zero-order chi connectivity index (χ0) is 22.7. The lowest BCUT2D eigenvalue weighted by Gasteiger charge is -2.29. The summed E-state index contributed by atoms with van der Waals surface area (Å²) in [6.07, 6.45) is 0.744. The molecule has 2 aromatic carbocycles. The second-order valence-corrected chi connectivity index (χ2v) is 9.13. The van der Waals surface area contributed by atoms with Gasteiger partial charge in [-0.3, -0.25) is 14.5 Å². The normalized spacial score (nSPS) is 21.3. The van der Waals surface area contributed by atoms with E-state index in [9.17, 15) is 14.7 Å². The number of Topliss-reactive ketones (excluding diaryl/α,β-unsaturated/α-hetero) is 1. The Kier molecular flexibility index (Phi) is 7.08. The first-order valence-electron chi connectivity index (χ1n) is 10.9. The number of halogens is 1. The number of morpholine rings is 1. The van der Waals surface area contributed by atoms with Crippen molar-refractivity contribution in [2.45, 2.75) is 19.4 Å². The lowest BCUT2D eigenvalue weighted by molar-refractivity contribution is -0.140. The number of hydrogen-bond donors (Lipinski definition) is 1. The van der Waals surface area contributed by atoms with Gasteiger partial charge in [0.2, 0.25) is 0 Å². The fourth-order valence-electron chi connectivity index (χ4n) is 4.26. The number of benzene rings is 2. The lowest BCUT2D eigenvalue weighted by Crippen LogP contribution is -2.38. The number of ether oxygens (including phenoxy) is 1. The molecule has 2 heterocycles. The Labute approximate surface area is 196 Å². The summed E-state index contributed by atoms with van der Waals surface area (Å²) in [5.41, 5.74) is 2.56. The third kappa shape index (κ3) is 4.80. The van der Waals surface area contributed by atoms with E-state index in [1.165, 1.54) is 0 Å². The molecule has 1 amide bonds. The molecule has 32 heavy (non-hydrogen) atoms. The fourth-order valence-corrected chi connectivity index (χ4v) is 4.52. The van der Waals surface area contributed by atoms with Crippen molar-refractivity contribution >= 4 is 33.4 Å². The van der Waals surface area contributed by atoms with Crippen molar-refractivity contribution in [2.75, 3.05) is 39.4 Å². The van der Waals surface area contributed by atoms with Crippen LogP contribution in [0.5, 0.6) is 0 Å². The number of rotatable bonds is 6. The van der Waals surface area contributed by atoms with Crippen molar-refractivity contribution < 1.29 is 19.4 Å². The summed E-state index contributed by atoms with van der Waals surface area (Å²) < 4.78 is 6.27. The Morgan fingerprint density at radius 3 is 2.34 bits per heavy atom. The van der Waals surface area contributed by atoms with Gasteiger partial charge in [-0.25, -0.2) is 0 Å². The summed E-state index contributed by atoms with van der Waals surface area (Å²) in [6.45, 7) is 6.47. The van der Waals surface area contributed by atoms with Crippen LogP contribution in [-0.2, 0) is 14.3 Å². The van der Waals surface area contributed by atoms with E-state index in [1.54, 1.807) is 29.2 Å². The first-order chi connectivity index (χ1) is 15.5. The average molecular weight is 499 g/mol. The van der Waals surface area contributed by atoms with Crippen LogP contribution in [0.2, 0.25) is 0 Å². The molecule has 0 bridgehead atoms. The first-order valence-corrected chi connectivity index (χ1v) is 11.7. The molecule has 2 aliphatic heterocycles. The summed E-state index contributed by atoms with van der Waals surface area (Å²) in [6, 6.07) is 14.2. The largest absolute Gasteiger partial charge is 0.507 e. The van der Waals surface area contributed by atoms with Gasteiger partial charge in [0.05, 0.1) is 24.8 Å². The van der Waals surface area contributed by atoms with E-state index in [4.69, 9.17) is 4.74 Å². The van der Waals surface area contributed by atoms with Gasteiger partial charge >= 0.3 is 0 Å². The molecule has 0 unspecified atom stereocenters. The molecule has 0 aliphatic carbocycles. The molecule has 6 nitrogen and oxygen atoms in total. The van der Waals surface area contributed by atoms with Gasteiger partial charge in [-0.15, -0.1) is 0 Å². The topological polar surface area (TPSA) is 70.1 Å². The molecule has 2 aliphatic rings. The predicted octanol–water partition coefficient (Wildman–Crippen LogP) is 3.90. The summed E-state index contributed by atoms with van der Waals surface area (Å²) in [5.74, 6) is -1.34. The SMILES string of the molecule is Cc1ccc([C@@H]2/C(=C(\O)c3ccc(Br)cc3)C(=O)C(=O)N2CCCN2CCOCC2)cc1. The Balaban J connectivity index is 1.66. The molecule has 2 aromatic rings. The third-order valence-corrected chi connectivity index (χ3v) is 6.56. The van der Waals surface area contributed by atoms with Crippen molar-refractivity contribution in [1.82, 2.24) is 9.80 Å². The standard InChI is InChI=1S/C25H27BrN2O4/c1-17-3-5-18(6-4-17)22-21(23(29)19-7-9-20(26)10-8-19)24(30)25(31)28(22)12-2-11-27-13-15-32-16-14-27/h3-10,22,29H,2,11-16H2,1H3/b23-21+/t22-/m1/s1. The van der Waals surface area contributed by atoms with E-state index in [2.05, 4.69) is 20.8 Å². The number of ketones is 1. The van der Waals surface area contributed by atoms with Crippen LogP contribution in [0.25, 0.3) is 5.76 Å². The van der Waals surface area contributed by atoms with Crippen LogP contribution in [-0.4, -0.2) is 66.0 Å². The van der Waals surface area contributed by atoms with E-state index >= 15 is 0 Å². The average Bonchev–Trinajstić information content (AvgIpc) is 3.05. The highest BCUT2D eigenvalue weighted by molar-refractivity contribution is 9.10. The molecule has 2 fully saturated rings. The second kappa shape index (κ2) is 9.98. The number of aryl methyl sites for hydroxylation is 1. The van der Waals surface area contributed by atoms with Crippen LogP contribution in [0, 0.1) is 6.92 Å². The highest BCUT2D eigenvalue weighted by Gasteiger charge is 2.45. The van der Waals surface area contributed by atoms with Crippen LogP contribution in [0.1, 0.15) is 29.2 Å². The first kappa shape index (κ1) is 22.7. The molecule has 168 valence electrons. The van der Waals surface area contributed by atoms with E-state index in [1.807, 2.05) is 31.2 Å². The van der Waals surface area contributed by atoms with Crippen LogP contribution in [0.4, 0.5) is 0 Å². The molecular formula is C25H27BrN2O4. The van der Waals surface area contributed by atoms with Gasteiger partial charge in [0.15, 0.2) is 0 Å². The van der Waals surface area contributed by atoms with Gasteiger partial charge in [-0.1, -0.05) is 57.9 Å². The van der Waals surface area contributed by atoms with Gasteiger partial charge in [-0.05, 0) is 31.0 Å². The summed E-state index contributed by atoms with van der Waals surface area (Å²) in [4.78, 5) is 30.0.